The van der Waals surface area contributed by atoms with Gasteiger partial charge in [0.05, 0.1) is 0 Å². The zero-order valence-corrected chi connectivity index (χ0v) is 14.2. The van der Waals surface area contributed by atoms with E-state index in [2.05, 4.69) is 53.8 Å². The van der Waals surface area contributed by atoms with E-state index in [-0.39, 0.29) is 18.1 Å². The third-order valence-electron chi connectivity index (χ3n) is 5.87. The number of nitrogens with zero attached hydrogens (tertiary/aromatic N) is 1. The average molecular weight is 280 g/mol. The summed E-state index contributed by atoms with van der Waals surface area (Å²) in [5.41, 5.74) is 0.399. The molecule has 3 fully saturated rings. The SMILES string of the molecule is CC1CC(NC(=O)N(C(C)C)C(C)C)[C@H]2C[C@@H]1C2(C)C. The van der Waals surface area contributed by atoms with Gasteiger partial charge in [0.15, 0.2) is 0 Å². The molecule has 0 saturated heterocycles. The summed E-state index contributed by atoms with van der Waals surface area (Å²) in [6.45, 7) is 15.5. The van der Waals surface area contributed by atoms with E-state index in [1.54, 1.807) is 0 Å². The summed E-state index contributed by atoms with van der Waals surface area (Å²) in [4.78, 5) is 14.6. The quantitative estimate of drug-likeness (QED) is 0.836. The third kappa shape index (κ3) is 2.44. The van der Waals surface area contributed by atoms with Gasteiger partial charge in [-0.1, -0.05) is 20.8 Å². The molecule has 0 spiro atoms. The second-order valence-electron chi connectivity index (χ2n) is 8.13. The van der Waals surface area contributed by atoms with Crippen molar-refractivity contribution >= 4 is 6.03 Å². The van der Waals surface area contributed by atoms with E-state index in [1.807, 2.05) is 4.90 Å². The van der Waals surface area contributed by atoms with Crippen molar-refractivity contribution in [2.24, 2.45) is 23.2 Å². The van der Waals surface area contributed by atoms with Crippen molar-refractivity contribution in [3.05, 3.63) is 0 Å². The van der Waals surface area contributed by atoms with Gasteiger partial charge < -0.3 is 10.2 Å². The number of hydrogen-bond acceptors (Lipinski definition) is 1. The van der Waals surface area contributed by atoms with Gasteiger partial charge in [-0.05, 0) is 63.7 Å². The summed E-state index contributed by atoms with van der Waals surface area (Å²) >= 11 is 0. The minimum atomic E-state index is 0.119. The summed E-state index contributed by atoms with van der Waals surface area (Å²) in [6, 6.07) is 0.974. The molecule has 2 unspecified atom stereocenters. The van der Waals surface area contributed by atoms with Crippen LogP contribution in [0.4, 0.5) is 4.79 Å². The second-order valence-corrected chi connectivity index (χ2v) is 8.13. The van der Waals surface area contributed by atoms with Crippen LogP contribution < -0.4 is 5.32 Å². The molecule has 3 aliphatic carbocycles. The lowest BCUT2D eigenvalue weighted by Crippen LogP contribution is -2.64. The van der Waals surface area contributed by atoms with Crippen molar-refractivity contribution in [1.82, 2.24) is 10.2 Å². The molecule has 0 aromatic heterocycles. The van der Waals surface area contributed by atoms with Crippen LogP contribution in [0.25, 0.3) is 0 Å². The molecule has 3 nitrogen and oxygen atoms in total. The fourth-order valence-corrected chi connectivity index (χ4v) is 4.83. The van der Waals surface area contributed by atoms with E-state index in [9.17, 15) is 4.79 Å². The number of nitrogens with one attached hydrogen (secondary N) is 1. The first-order valence-electron chi connectivity index (χ1n) is 8.25. The summed E-state index contributed by atoms with van der Waals surface area (Å²) in [5, 5.41) is 3.34. The topological polar surface area (TPSA) is 32.3 Å². The first-order valence-corrected chi connectivity index (χ1v) is 8.25. The van der Waals surface area contributed by atoms with Crippen molar-refractivity contribution in [2.75, 3.05) is 0 Å². The Morgan fingerprint density at radius 3 is 2.05 bits per heavy atom. The number of amides is 2. The van der Waals surface area contributed by atoms with Crippen LogP contribution in [-0.4, -0.2) is 29.1 Å². The van der Waals surface area contributed by atoms with Gasteiger partial charge in [-0.15, -0.1) is 0 Å². The van der Waals surface area contributed by atoms with E-state index in [4.69, 9.17) is 0 Å². The van der Waals surface area contributed by atoms with Gasteiger partial charge in [0.25, 0.3) is 0 Å². The van der Waals surface area contributed by atoms with Crippen LogP contribution in [-0.2, 0) is 0 Å². The Morgan fingerprint density at radius 2 is 1.65 bits per heavy atom. The maximum atomic E-state index is 12.6. The fourth-order valence-electron chi connectivity index (χ4n) is 4.83. The van der Waals surface area contributed by atoms with E-state index in [0.29, 0.717) is 17.4 Å². The monoisotopic (exact) mass is 280 g/mol. The highest BCUT2D eigenvalue weighted by atomic mass is 16.2. The fraction of sp³-hybridized carbons (Fsp3) is 0.941. The molecule has 4 atom stereocenters. The van der Waals surface area contributed by atoms with Gasteiger partial charge in [-0.25, -0.2) is 4.79 Å². The minimum absolute atomic E-state index is 0.119. The molecule has 3 heteroatoms. The Labute approximate surface area is 124 Å². The number of fused-ring (bicyclic) bond motifs is 2. The first kappa shape index (κ1) is 15.7. The number of carbonyl (C=O) groups excluding carboxylic acids is 1. The van der Waals surface area contributed by atoms with Crippen LogP contribution >= 0.6 is 0 Å². The minimum Gasteiger partial charge on any atom is -0.335 e. The molecular weight excluding hydrogens is 248 g/mol. The maximum Gasteiger partial charge on any atom is 0.318 e. The highest BCUT2D eigenvalue weighted by molar-refractivity contribution is 5.75. The lowest BCUT2D eigenvalue weighted by Gasteiger charge is -2.62. The zero-order valence-electron chi connectivity index (χ0n) is 14.2. The molecule has 3 rings (SSSR count). The van der Waals surface area contributed by atoms with Gasteiger partial charge in [-0.2, -0.15) is 0 Å². The van der Waals surface area contributed by atoms with Crippen molar-refractivity contribution < 1.29 is 4.79 Å². The van der Waals surface area contributed by atoms with Crippen LogP contribution in [0, 0.1) is 23.2 Å². The second kappa shape index (κ2) is 5.23. The highest BCUT2D eigenvalue weighted by Crippen LogP contribution is 2.61. The summed E-state index contributed by atoms with van der Waals surface area (Å²) in [7, 11) is 0. The van der Waals surface area contributed by atoms with Gasteiger partial charge in [0.1, 0.15) is 0 Å². The number of carbonyl (C=O) groups is 1. The Morgan fingerprint density at radius 1 is 1.10 bits per heavy atom. The van der Waals surface area contributed by atoms with Crippen LogP contribution in [0.15, 0.2) is 0 Å². The normalized spacial score (nSPS) is 34.9. The standard InChI is InChI=1S/C17H32N2O/c1-10(2)19(11(3)4)16(20)18-15-8-12(5)13-9-14(15)17(13,6)7/h10-15H,8-9H2,1-7H3,(H,18,20)/t12?,13-,14+,15?/m0/s1. The van der Waals surface area contributed by atoms with E-state index < -0.39 is 0 Å². The van der Waals surface area contributed by atoms with E-state index >= 15 is 0 Å². The first-order chi connectivity index (χ1) is 9.16. The predicted octanol–water partition coefficient (Wildman–Crippen LogP) is 3.89. The van der Waals surface area contributed by atoms with Crippen LogP contribution in [0.5, 0.6) is 0 Å². The molecule has 116 valence electrons. The molecule has 0 heterocycles. The van der Waals surface area contributed by atoms with Crippen molar-refractivity contribution in [1.29, 1.82) is 0 Å². The molecule has 1 N–H and O–H groups in total. The molecule has 20 heavy (non-hydrogen) atoms. The molecule has 2 amide bonds. The number of rotatable bonds is 3. The highest BCUT2D eigenvalue weighted by Gasteiger charge is 2.57. The average Bonchev–Trinajstić information content (AvgIpc) is 2.25. The number of hydrogen-bond donors (Lipinski definition) is 1. The van der Waals surface area contributed by atoms with Crippen LogP contribution in [0.3, 0.4) is 0 Å². The molecule has 0 aliphatic heterocycles. The molecule has 0 aromatic carbocycles. The van der Waals surface area contributed by atoms with E-state index in [1.165, 1.54) is 6.42 Å². The third-order valence-corrected chi connectivity index (χ3v) is 5.87. The molecule has 3 aliphatic rings. The summed E-state index contributed by atoms with van der Waals surface area (Å²) in [6.07, 6.45) is 2.44. The van der Waals surface area contributed by atoms with Gasteiger partial charge in [0.2, 0.25) is 0 Å². The molecule has 3 saturated carbocycles. The Hall–Kier alpha value is -0.730. The summed E-state index contributed by atoms with van der Waals surface area (Å²) < 4.78 is 0. The van der Waals surface area contributed by atoms with Crippen molar-refractivity contribution in [3.8, 4) is 0 Å². The Balaban J connectivity index is 2.04. The van der Waals surface area contributed by atoms with Crippen LogP contribution in [0.2, 0.25) is 0 Å². The van der Waals surface area contributed by atoms with Crippen LogP contribution in [0.1, 0.15) is 61.3 Å². The van der Waals surface area contributed by atoms with E-state index in [0.717, 1.165) is 18.3 Å². The maximum absolute atomic E-state index is 12.6. The predicted molar refractivity (Wildman–Crippen MR) is 83.6 cm³/mol. The lowest BCUT2D eigenvalue weighted by molar-refractivity contribution is -0.117. The Kier molecular flexibility index (Phi) is 4.10. The smallest absolute Gasteiger partial charge is 0.318 e. The Bertz CT molecular complexity index is 367. The summed E-state index contributed by atoms with van der Waals surface area (Å²) in [5.74, 6) is 2.24. The molecule has 2 bridgehead atoms. The zero-order chi connectivity index (χ0) is 15.2. The lowest BCUT2D eigenvalue weighted by atomic mass is 9.44. The van der Waals surface area contributed by atoms with Gasteiger partial charge in [-0.3, -0.25) is 0 Å². The van der Waals surface area contributed by atoms with Gasteiger partial charge in [0, 0.05) is 18.1 Å². The van der Waals surface area contributed by atoms with Crippen molar-refractivity contribution in [3.63, 3.8) is 0 Å². The van der Waals surface area contributed by atoms with Crippen molar-refractivity contribution in [2.45, 2.75) is 79.4 Å². The van der Waals surface area contributed by atoms with Gasteiger partial charge >= 0.3 is 6.03 Å². The molecular formula is C17H32N2O. The largest absolute Gasteiger partial charge is 0.335 e. The molecule has 0 aromatic rings. The molecule has 0 radical (unpaired) electrons. The number of urea groups is 1.